The van der Waals surface area contributed by atoms with Crippen LogP contribution in [0.4, 0.5) is 5.69 Å². The van der Waals surface area contributed by atoms with Crippen LogP contribution < -0.4 is 5.73 Å². The lowest BCUT2D eigenvalue weighted by Crippen LogP contribution is -1.91. The molecule has 0 aliphatic rings. The molecule has 0 bridgehead atoms. The van der Waals surface area contributed by atoms with Crippen LogP contribution in [0.5, 0.6) is 0 Å². The molecule has 2 N–H and O–H groups in total. The van der Waals surface area contributed by atoms with Crippen molar-refractivity contribution in [2.75, 3.05) is 5.73 Å². The summed E-state index contributed by atoms with van der Waals surface area (Å²) in [5, 5.41) is 0.815. The molecule has 0 amide bonds. The molecule has 90 valence electrons. The van der Waals surface area contributed by atoms with Gasteiger partial charge < -0.3 is 5.73 Å². The van der Waals surface area contributed by atoms with E-state index in [4.69, 9.17) is 5.73 Å². The molecule has 0 fully saturated rings. The van der Waals surface area contributed by atoms with Crippen LogP contribution in [0.2, 0.25) is 0 Å². The molecular weight excluding hydrogens is 380 g/mol. The fraction of sp³-hybridized carbons (Fsp3) is 0. The lowest BCUT2D eigenvalue weighted by molar-refractivity contribution is 1.26. The molecule has 7 heteroatoms. The molecule has 0 saturated heterocycles. The van der Waals surface area contributed by atoms with Gasteiger partial charge in [-0.3, -0.25) is 0 Å². The fourth-order valence-electron chi connectivity index (χ4n) is 1.55. The van der Waals surface area contributed by atoms with Gasteiger partial charge in [-0.05, 0) is 28.1 Å². The third kappa shape index (κ3) is 2.02. The quantitative estimate of drug-likeness (QED) is 0.646. The molecule has 0 atom stereocenters. The first-order valence-corrected chi connectivity index (χ1v) is 7.38. The zero-order valence-corrected chi connectivity index (χ0v) is 12.9. The Kier molecular flexibility index (Phi) is 3.04. The summed E-state index contributed by atoms with van der Waals surface area (Å²) in [7, 11) is 0. The van der Waals surface area contributed by atoms with Crippen molar-refractivity contribution in [2.45, 2.75) is 0 Å². The van der Waals surface area contributed by atoms with Crippen molar-refractivity contribution >= 4 is 59.4 Å². The number of halogens is 2. The maximum absolute atomic E-state index is 6.06. The summed E-state index contributed by atoms with van der Waals surface area (Å²) in [5.41, 5.74) is 8.25. The van der Waals surface area contributed by atoms with E-state index in [9.17, 15) is 0 Å². The molecule has 0 aliphatic carbocycles. The Bertz CT molecular complexity index is 708. The van der Waals surface area contributed by atoms with Gasteiger partial charge in [0, 0.05) is 26.9 Å². The molecule has 2 heterocycles. The normalized spacial score (nSPS) is 11.0. The van der Waals surface area contributed by atoms with E-state index < -0.39 is 0 Å². The Morgan fingerprint density at radius 3 is 2.67 bits per heavy atom. The molecule has 0 radical (unpaired) electrons. The molecule has 0 spiro atoms. The predicted octanol–water partition coefficient (Wildman–Crippen LogP) is 3.86. The molecule has 0 aliphatic heterocycles. The highest BCUT2D eigenvalue weighted by molar-refractivity contribution is 9.11. The van der Waals surface area contributed by atoms with Gasteiger partial charge in [0.2, 0.25) is 0 Å². The van der Waals surface area contributed by atoms with Crippen molar-refractivity contribution in [1.29, 1.82) is 0 Å². The van der Waals surface area contributed by atoms with Crippen molar-refractivity contribution in [3.05, 3.63) is 33.5 Å². The summed E-state index contributed by atoms with van der Waals surface area (Å²) in [5.74, 6) is 0. The summed E-state index contributed by atoms with van der Waals surface area (Å²) >= 11 is 8.35. The largest absolute Gasteiger partial charge is 0.397 e. The van der Waals surface area contributed by atoms with Crippen LogP contribution in [0.3, 0.4) is 0 Å². The second kappa shape index (κ2) is 4.56. The van der Waals surface area contributed by atoms with Gasteiger partial charge in [0.25, 0.3) is 0 Å². The monoisotopic (exact) mass is 384 g/mol. The topological polar surface area (TPSA) is 64.7 Å². The Morgan fingerprint density at radius 2 is 1.89 bits per heavy atom. The smallest absolute Gasteiger partial charge is 0.190 e. The van der Waals surface area contributed by atoms with E-state index in [2.05, 4.69) is 46.8 Å². The van der Waals surface area contributed by atoms with E-state index >= 15 is 0 Å². The molecule has 2 aromatic heterocycles. The minimum absolute atomic E-state index is 0.646. The number of rotatable bonds is 1. The van der Waals surface area contributed by atoms with Crippen LogP contribution >= 0.6 is 43.2 Å². The summed E-state index contributed by atoms with van der Waals surface area (Å²) in [6.45, 7) is 0. The van der Waals surface area contributed by atoms with Gasteiger partial charge in [0.1, 0.15) is 5.01 Å². The van der Waals surface area contributed by atoms with E-state index in [1.807, 2.05) is 12.1 Å². The number of hydrogen-bond donors (Lipinski definition) is 1. The molecule has 4 nitrogen and oxygen atoms in total. The summed E-state index contributed by atoms with van der Waals surface area (Å²) in [6.07, 6.45) is 3.29. The Morgan fingerprint density at radius 1 is 1.11 bits per heavy atom. The number of nitrogens with zero attached hydrogens (tertiary/aromatic N) is 3. The SMILES string of the molecule is Nc1c(Br)cc(Br)cc1-c1nc2nccnc2s1. The first-order chi connectivity index (χ1) is 8.65. The van der Waals surface area contributed by atoms with Gasteiger partial charge in [0.05, 0.1) is 5.69 Å². The highest BCUT2D eigenvalue weighted by Gasteiger charge is 2.13. The van der Waals surface area contributed by atoms with E-state index in [0.717, 1.165) is 24.3 Å². The number of thiazole rings is 1. The molecule has 3 rings (SSSR count). The molecule has 1 aromatic carbocycles. The second-order valence-corrected chi connectivity index (χ2v) is 6.30. The number of nitrogens with two attached hydrogens (primary N) is 1. The van der Waals surface area contributed by atoms with Gasteiger partial charge in [-0.25, -0.2) is 15.0 Å². The third-order valence-electron chi connectivity index (χ3n) is 2.37. The van der Waals surface area contributed by atoms with Crippen molar-refractivity contribution in [1.82, 2.24) is 15.0 Å². The number of anilines is 1. The summed E-state index contributed by atoms with van der Waals surface area (Å²) in [4.78, 5) is 13.7. The van der Waals surface area contributed by atoms with Gasteiger partial charge in [-0.15, -0.1) is 0 Å². The molecule has 0 saturated carbocycles. The number of aromatic nitrogens is 3. The second-order valence-electron chi connectivity index (χ2n) is 3.55. The molecule has 0 unspecified atom stereocenters. The predicted molar refractivity (Wildman–Crippen MR) is 80.5 cm³/mol. The minimum Gasteiger partial charge on any atom is -0.397 e. The number of nitrogen functional groups attached to an aromatic ring is 1. The average Bonchev–Trinajstić information content (AvgIpc) is 2.77. The van der Waals surface area contributed by atoms with Crippen molar-refractivity contribution < 1.29 is 0 Å². The lowest BCUT2D eigenvalue weighted by Gasteiger charge is -2.05. The first kappa shape index (κ1) is 12.0. The lowest BCUT2D eigenvalue weighted by atomic mass is 10.2. The number of benzene rings is 1. The summed E-state index contributed by atoms with van der Waals surface area (Å²) < 4.78 is 1.78. The van der Waals surface area contributed by atoms with Crippen LogP contribution in [0.1, 0.15) is 0 Å². The van der Waals surface area contributed by atoms with Gasteiger partial charge in [-0.1, -0.05) is 27.3 Å². The van der Waals surface area contributed by atoms with E-state index in [1.165, 1.54) is 11.3 Å². The number of hydrogen-bond acceptors (Lipinski definition) is 5. The van der Waals surface area contributed by atoms with Crippen molar-refractivity contribution in [3.63, 3.8) is 0 Å². The average molecular weight is 386 g/mol. The van der Waals surface area contributed by atoms with E-state index in [-0.39, 0.29) is 0 Å². The number of fused-ring (bicyclic) bond motifs is 1. The zero-order chi connectivity index (χ0) is 12.7. The molecule has 18 heavy (non-hydrogen) atoms. The van der Waals surface area contributed by atoms with Gasteiger partial charge >= 0.3 is 0 Å². The van der Waals surface area contributed by atoms with E-state index in [0.29, 0.717) is 11.3 Å². The molecule has 3 aromatic rings. The maximum atomic E-state index is 6.06. The highest BCUT2D eigenvalue weighted by atomic mass is 79.9. The Labute approximate surface area is 124 Å². The highest BCUT2D eigenvalue weighted by Crippen LogP contribution is 2.37. The fourth-order valence-corrected chi connectivity index (χ4v) is 3.68. The summed E-state index contributed by atoms with van der Waals surface area (Å²) in [6, 6.07) is 3.85. The van der Waals surface area contributed by atoms with E-state index in [1.54, 1.807) is 12.4 Å². The van der Waals surface area contributed by atoms with Crippen LogP contribution in [0, 0.1) is 0 Å². The third-order valence-corrected chi connectivity index (χ3v) is 4.47. The standard InChI is InChI=1S/C11H6Br2N4S/c12-5-3-6(8(14)7(13)4-5)10-17-9-11(18-10)16-2-1-15-9/h1-4H,14H2. The van der Waals surface area contributed by atoms with Crippen LogP contribution in [0.15, 0.2) is 33.5 Å². The van der Waals surface area contributed by atoms with Gasteiger partial charge in [-0.2, -0.15) is 0 Å². The van der Waals surface area contributed by atoms with Crippen LogP contribution in [-0.2, 0) is 0 Å². The Hall–Kier alpha value is -1.05. The zero-order valence-electron chi connectivity index (χ0n) is 8.89. The maximum Gasteiger partial charge on any atom is 0.190 e. The first-order valence-electron chi connectivity index (χ1n) is 4.97. The minimum atomic E-state index is 0.646. The van der Waals surface area contributed by atoms with Gasteiger partial charge in [0.15, 0.2) is 10.5 Å². The van der Waals surface area contributed by atoms with Crippen molar-refractivity contribution in [3.8, 4) is 10.6 Å². The Balaban J connectivity index is 2.26. The molecular formula is C11H6Br2N4S. The van der Waals surface area contributed by atoms with Crippen LogP contribution in [-0.4, -0.2) is 15.0 Å². The van der Waals surface area contributed by atoms with Crippen LogP contribution in [0.25, 0.3) is 21.0 Å². The van der Waals surface area contributed by atoms with Crippen molar-refractivity contribution in [2.24, 2.45) is 0 Å².